The van der Waals surface area contributed by atoms with Gasteiger partial charge in [0, 0.05) is 19.6 Å². The second kappa shape index (κ2) is 5.17. The second-order valence-corrected chi connectivity index (χ2v) is 2.84. The number of rotatable bonds is 5. The first kappa shape index (κ1) is 9.55. The molecule has 0 aliphatic carbocycles. The molecule has 1 atom stereocenters. The lowest BCUT2D eigenvalue weighted by molar-refractivity contribution is 0.134. The highest BCUT2D eigenvalue weighted by atomic mass is 16.5. The summed E-state index contributed by atoms with van der Waals surface area (Å²) in [6.07, 6.45) is 3.91. The molecule has 0 amide bonds. The van der Waals surface area contributed by atoms with Gasteiger partial charge in [-0.1, -0.05) is 0 Å². The zero-order valence-corrected chi connectivity index (χ0v) is 7.58. The fourth-order valence-corrected chi connectivity index (χ4v) is 1.19. The zero-order valence-electron chi connectivity index (χ0n) is 7.58. The summed E-state index contributed by atoms with van der Waals surface area (Å²) in [7, 11) is 0. The van der Waals surface area contributed by atoms with E-state index in [0.29, 0.717) is 0 Å². The third-order valence-corrected chi connectivity index (χ3v) is 1.87. The highest BCUT2D eigenvalue weighted by molar-refractivity contribution is 5.05. The number of hydrogen-bond acceptors (Lipinski definition) is 3. The van der Waals surface area contributed by atoms with Crippen LogP contribution in [0, 0.1) is 0 Å². The van der Waals surface area contributed by atoms with E-state index in [-0.39, 0.29) is 6.04 Å². The lowest BCUT2D eigenvalue weighted by atomic mass is 10.2. The lowest BCUT2D eigenvalue weighted by Gasteiger charge is -2.12. The van der Waals surface area contributed by atoms with Crippen molar-refractivity contribution in [2.75, 3.05) is 19.8 Å². The summed E-state index contributed by atoms with van der Waals surface area (Å²) >= 11 is 0. The highest BCUT2D eigenvalue weighted by Crippen LogP contribution is 2.13. The average Bonchev–Trinajstić information content (AvgIpc) is 2.56. The van der Waals surface area contributed by atoms with Crippen LogP contribution in [0.1, 0.15) is 19.8 Å². The molecule has 1 aliphatic heterocycles. The molecule has 0 aromatic carbocycles. The molecule has 0 saturated carbocycles. The van der Waals surface area contributed by atoms with Crippen molar-refractivity contribution in [3.05, 3.63) is 11.8 Å². The predicted molar refractivity (Wildman–Crippen MR) is 47.7 cm³/mol. The Kier molecular flexibility index (Phi) is 4.11. The molecule has 0 radical (unpaired) electrons. The van der Waals surface area contributed by atoms with Crippen LogP contribution < -0.4 is 5.73 Å². The molecule has 3 heteroatoms. The molecule has 3 nitrogen and oxygen atoms in total. The third kappa shape index (κ3) is 2.83. The van der Waals surface area contributed by atoms with Gasteiger partial charge in [0.15, 0.2) is 0 Å². The van der Waals surface area contributed by atoms with Gasteiger partial charge >= 0.3 is 0 Å². The summed E-state index contributed by atoms with van der Waals surface area (Å²) in [6, 6.07) is 0.0269. The molecule has 0 bridgehead atoms. The Hall–Kier alpha value is -0.540. The Morgan fingerprint density at radius 2 is 2.58 bits per heavy atom. The van der Waals surface area contributed by atoms with Crippen molar-refractivity contribution in [3.63, 3.8) is 0 Å². The Bertz CT molecular complexity index is 157. The van der Waals surface area contributed by atoms with Crippen molar-refractivity contribution >= 4 is 0 Å². The van der Waals surface area contributed by atoms with E-state index in [1.54, 1.807) is 0 Å². The monoisotopic (exact) mass is 171 g/mol. The van der Waals surface area contributed by atoms with E-state index in [1.807, 2.05) is 6.92 Å². The van der Waals surface area contributed by atoms with E-state index in [0.717, 1.165) is 38.4 Å². The van der Waals surface area contributed by atoms with Crippen molar-refractivity contribution < 1.29 is 9.47 Å². The summed E-state index contributed by atoms with van der Waals surface area (Å²) < 4.78 is 10.5. The van der Waals surface area contributed by atoms with Gasteiger partial charge in [-0.3, -0.25) is 0 Å². The Morgan fingerprint density at radius 3 is 3.17 bits per heavy atom. The molecule has 2 N–H and O–H groups in total. The summed E-state index contributed by atoms with van der Waals surface area (Å²) in [6.45, 7) is 4.25. The maximum Gasteiger partial charge on any atom is 0.109 e. The maximum atomic E-state index is 5.85. The van der Waals surface area contributed by atoms with Gasteiger partial charge in [0.05, 0.1) is 12.6 Å². The standard InChI is InChI=1S/C9H17NO2/c1-2-11-7-5-8(10)9-4-3-6-12-9/h4,8H,2-3,5-7,10H2,1H3. The number of nitrogens with two attached hydrogens (primary N) is 1. The third-order valence-electron chi connectivity index (χ3n) is 1.87. The fourth-order valence-electron chi connectivity index (χ4n) is 1.19. The Balaban J connectivity index is 2.14. The van der Waals surface area contributed by atoms with Crippen molar-refractivity contribution in [2.24, 2.45) is 5.73 Å². The number of hydrogen-bond donors (Lipinski definition) is 1. The summed E-state index contributed by atoms with van der Waals surface area (Å²) in [5, 5.41) is 0. The van der Waals surface area contributed by atoms with E-state index >= 15 is 0 Å². The zero-order chi connectivity index (χ0) is 8.81. The second-order valence-electron chi connectivity index (χ2n) is 2.84. The topological polar surface area (TPSA) is 44.5 Å². The molecule has 0 fully saturated rings. The first-order chi connectivity index (χ1) is 5.84. The minimum atomic E-state index is 0.0269. The maximum absolute atomic E-state index is 5.85. The fraction of sp³-hybridized carbons (Fsp3) is 0.778. The molecule has 70 valence electrons. The first-order valence-corrected chi connectivity index (χ1v) is 4.50. The van der Waals surface area contributed by atoms with E-state index in [4.69, 9.17) is 15.2 Å². The van der Waals surface area contributed by atoms with Gasteiger partial charge in [-0.15, -0.1) is 0 Å². The van der Waals surface area contributed by atoms with Crippen LogP contribution in [0.4, 0.5) is 0 Å². The van der Waals surface area contributed by atoms with Crippen LogP contribution in [0.2, 0.25) is 0 Å². The van der Waals surface area contributed by atoms with E-state index in [2.05, 4.69) is 6.08 Å². The molecule has 0 aromatic heterocycles. The minimum absolute atomic E-state index is 0.0269. The molecule has 1 heterocycles. The summed E-state index contributed by atoms with van der Waals surface area (Å²) in [5.74, 6) is 0.940. The Morgan fingerprint density at radius 1 is 1.75 bits per heavy atom. The quantitative estimate of drug-likeness (QED) is 0.629. The van der Waals surface area contributed by atoms with Gasteiger partial charge in [-0.25, -0.2) is 0 Å². The van der Waals surface area contributed by atoms with Gasteiger partial charge in [0.2, 0.25) is 0 Å². The van der Waals surface area contributed by atoms with Gasteiger partial charge < -0.3 is 15.2 Å². The molecule has 1 rings (SSSR count). The van der Waals surface area contributed by atoms with Crippen LogP contribution in [0.15, 0.2) is 11.8 Å². The molecule has 12 heavy (non-hydrogen) atoms. The summed E-state index contributed by atoms with van der Waals surface area (Å²) in [5.41, 5.74) is 5.85. The van der Waals surface area contributed by atoms with E-state index < -0.39 is 0 Å². The lowest BCUT2D eigenvalue weighted by Crippen LogP contribution is -2.24. The largest absolute Gasteiger partial charge is 0.496 e. The molecular weight excluding hydrogens is 154 g/mol. The van der Waals surface area contributed by atoms with Crippen LogP contribution in [-0.4, -0.2) is 25.9 Å². The first-order valence-electron chi connectivity index (χ1n) is 4.50. The van der Waals surface area contributed by atoms with Crippen molar-refractivity contribution in [1.29, 1.82) is 0 Å². The van der Waals surface area contributed by atoms with Crippen LogP contribution in [-0.2, 0) is 9.47 Å². The van der Waals surface area contributed by atoms with Crippen molar-refractivity contribution in [3.8, 4) is 0 Å². The Labute approximate surface area is 73.5 Å². The van der Waals surface area contributed by atoms with Crippen LogP contribution in [0.25, 0.3) is 0 Å². The number of ether oxygens (including phenoxy) is 2. The SMILES string of the molecule is CCOCCC(N)C1=CCCO1. The molecule has 1 aliphatic rings. The van der Waals surface area contributed by atoms with Gasteiger partial charge in [-0.05, 0) is 19.4 Å². The normalized spacial score (nSPS) is 18.7. The van der Waals surface area contributed by atoms with Gasteiger partial charge in [-0.2, -0.15) is 0 Å². The minimum Gasteiger partial charge on any atom is -0.496 e. The average molecular weight is 171 g/mol. The highest BCUT2D eigenvalue weighted by Gasteiger charge is 2.13. The van der Waals surface area contributed by atoms with E-state index in [1.165, 1.54) is 0 Å². The van der Waals surface area contributed by atoms with Crippen molar-refractivity contribution in [2.45, 2.75) is 25.8 Å². The van der Waals surface area contributed by atoms with Crippen LogP contribution in [0.3, 0.4) is 0 Å². The molecule has 0 spiro atoms. The van der Waals surface area contributed by atoms with Crippen LogP contribution in [0.5, 0.6) is 0 Å². The van der Waals surface area contributed by atoms with Gasteiger partial charge in [0.25, 0.3) is 0 Å². The van der Waals surface area contributed by atoms with Crippen molar-refractivity contribution in [1.82, 2.24) is 0 Å². The molecule has 1 unspecified atom stereocenters. The predicted octanol–water partition coefficient (Wildman–Crippen LogP) is 1.04. The molecule has 0 aromatic rings. The molecular formula is C9H17NO2. The summed E-state index contributed by atoms with van der Waals surface area (Å²) in [4.78, 5) is 0. The van der Waals surface area contributed by atoms with Gasteiger partial charge in [0.1, 0.15) is 5.76 Å². The molecule has 0 saturated heterocycles. The smallest absolute Gasteiger partial charge is 0.109 e. The van der Waals surface area contributed by atoms with Crippen LogP contribution >= 0.6 is 0 Å². The van der Waals surface area contributed by atoms with E-state index in [9.17, 15) is 0 Å².